The smallest absolute Gasteiger partial charge is 0.240 e. The summed E-state index contributed by atoms with van der Waals surface area (Å²) in [5.74, 6) is 0.655. The molecule has 0 aliphatic carbocycles. The molecule has 8 heteroatoms. The third-order valence-electron chi connectivity index (χ3n) is 3.42. The molecule has 3 N–H and O–H groups in total. The van der Waals surface area contributed by atoms with Crippen molar-refractivity contribution in [1.29, 1.82) is 0 Å². The van der Waals surface area contributed by atoms with Gasteiger partial charge in [0.05, 0.1) is 10.5 Å². The van der Waals surface area contributed by atoms with E-state index in [0.29, 0.717) is 19.0 Å². The first-order valence-electron chi connectivity index (χ1n) is 7.26. The maximum atomic E-state index is 11.7. The van der Waals surface area contributed by atoms with E-state index < -0.39 is 10.0 Å². The third-order valence-corrected chi connectivity index (χ3v) is 4.85. The van der Waals surface area contributed by atoms with Crippen LogP contribution in [0.3, 0.4) is 0 Å². The van der Waals surface area contributed by atoms with Gasteiger partial charge in [0.15, 0.2) is 5.96 Å². The highest BCUT2D eigenvalue weighted by atomic mass is 32.2. The molecule has 0 bridgehead atoms. The number of benzene rings is 1. The fourth-order valence-corrected chi connectivity index (χ4v) is 2.41. The Morgan fingerprint density at radius 2 is 1.83 bits per heavy atom. The minimum absolute atomic E-state index is 0.244. The van der Waals surface area contributed by atoms with E-state index in [1.165, 1.54) is 7.05 Å². The Kier molecular flexibility index (Phi) is 6.99. The molecule has 0 saturated carbocycles. The van der Waals surface area contributed by atoms with Crippen molar-refractivity contribution in [1.82, 2.24) is 15.4 Å². The van der Waals surface area contributed by atoms with Crippen LogP contribution >= 0.6 is 0 Å². The van der Waals surface area contributed by atoms with E-state index in [-0.39, 0.29) is 10.5 Å². The Balaban J connectivity index is 2.60. The van der Waals surface area contributed by atoms with Gasteiger partial charge in [-0.1, -0.05) is 12.1 Å². The van der Waals surface area contributed by atoms with E-state index >= 15 is 0 Å². The first-order valence-corrected chi connectivity index (χ1v) is 8.74. The van der Waals surface area contributed by atoms with Crippen molar-refractivity contribution >= 4 is 16.0 Å². The highest BCUT2D eigenvalue weighted by molar-refractivity contribution is 7.89. The lowest BCUT2D eigenvalue weighted by molar-refractivity contribution is 0.0268. The van der Waals surface area contributed by atoms with Crippen molar-refractivity contribution < 1.29 is 13.2 Å². The van der Waals surface area contributed by atoms with E-state index in [1.807, 2.05) is 13.8 Å². The largest absolute Gasteiger partial charge is 0.377 e. The van der Waals surface area contributed by atoms with Crippen LogP contribution in [-0.2, 0) is 21.3 Å². The number of methoxy groups -OCH3 is 1. The molecule has 0 spiro atoms. The molecule has 0 aromatic heterocycles. The highest BCUT2D eigenvalue weighted by Crippen LogP contribution is 2.10. The molecule has 0 aliphatic rings. The zero-order valence-electron chi connectivity index (χ0n) is 14.3. The van der Waals surface area contributed by atoms with Crippen LogP contribution in [0.15, 0.2) is 34.2 Å². The van der Waals surface area contributed by atoms with Crippen LogP contribution in [-0.4, -0.2) is 47.7 Å². The zero-order valence-corrected chi connectivity index (χ0v) is 15.1. The molecule has 0 atom stereocenters. The number of rotatable bonds is 7. The van der Waals surface area contributed by atoms with Gasteiger partial charge in [0.25, 0.3) is 0 Å². The van der Waals surface area contributed by atoms with Crippen LogP contribution in [0, 0.1) is 0 Å². The molecule has 0 aliphatic heterocycles. The van der Waals surface area contributed by atoms with Crippen LogP contribution in [0.2, 0.25) is 0 Å². The summed E-state index contributed by atoms with van der Waals surface area (Å²) < 4.78 is 31.0. The average molecular weight is 342 g/mol. The number of ether oxygens (including phenoxy) is 1. The number of guanidine groups is 1. The molecular weight excluding hydrogens is 316 g/mol. The lowest BCUT2D eigenvalue weighted by Gasteiger charge is -2.24. The van der Waals surface area contributed by atoms with E-state index in [2.05, 4.69) is 20.3 Å². The van der Waals surface area contributed by atoms with E-state index in [9.17, 15) is 8.42 Å². The van der Waals surface area contributed by atoms with Crippen molar-refractivity contribution in [2.45, 2.75) is 30.9 Å². The molecule has 23 heavy (non-hydrogen) atoms. The Bertz CT molecular complexity index is 625. The van der Waals surface area contributed by atoms with Crippen LogP contribution < -0.4 is 15.4 Å². The van der Waals surface area contributed by atoms with Gasteiger partial charge in [0.1, 0.15) is 0 Å². The number of nitrogens with one attached hydrogen (secondary N) is 3. The molecule has 1 aromatic rings. The quantitative estimate of drug-likeness (QED) is 0.501. The third kappa shape index (κ3) is 6.17. The molecular formula is C15H26N4O3S. The number of hydrogen-bond acceptors (Lipinski definition) is 4. The fourth-order valence-electron chi connectivity index (χ4n) is 1.68. The predicted octanol–water partition coefficient (Wildman–Crippen LogP) is 0.685. The first-order chi connectivity index (χ1) is 10.7. The molecule has 1 aromatic carbocycles. The SMILES string of the molecule is CN=C(NCc1ccc(S(=O)(=O)NC)cc1)NCC(C)(C)OC. The molecule has 130 valence electrons. The van der Waals surface area contributed by atoms with Crippen LogP contribution in [0.5, 0.6) is 0 Å². The summed E-state index contributed by atoms with van der Waals surface area (Å²) in [6, 6.07) is 6.69. The topological polar surface area (TPSA) is 91.8 Å². The van der Waals surface area contributed by atoms with Crippen molar-refractivity contribution in [3.63, 3.8) is 0 Å². The average Bonchev–Trinajstić information content (AvgIpc) is 2.55. The number of hydrogen-bond donors (Lipinski definition) is 3. The van der Waals surface area contributed by atoms with E-state index in [0.717, 1.165) is 5.56 Å². The standard InChI is InChI=1S/C15H26N4O3S/c1-15(2,22-5)11-19-14(16-3)18-10-12-6-8-13(9-7-12)23(20,21)17-4/h6-9,17H,10-11H2,1-5H3,(H2,16,18,19). The Hall–Kier alpha value is -1.64. The van der Waals surface area contributed by atoms with Gasteiger partial charge in [0.2, 0.25) is 10.0 Å². The Labute approximate surface area is 138 Å². The minimum atomic E-state index is -3.40. The summed E-state index contributed by atoms with van der Waals surface area (Å²) in [5, 5.41) is 6.36. The maximum absolute atomic E-state index is 11.7. The molecule has 7 nitrogen and oxygen atoms in total. The summed E-state index contributed by atoms with van der Waals surface area (Å²) in [4.78, 5) is 4.39. The second kappa shape index (κ2) is 8.28. The van der Waals surface area contributed by atoms with Crippen LogP contribution in [0.25, 0.3) is 0 Å². The Morgan fingerprint density at radius 3 is 2.30 bits per heavy atom. The summed E-state index contributed by atoms with van der Waals surface area (Å²) in [6.45, 7) is 5.11. The lowest BCUT2D eigenvalue weighted by atomic mass is 10.1. The summed E-state index contributed by atoms with van der Waals surface area (Å²) in [6.07, 6.45) is 0. The van der Waals surface area contributed by atoms with E-state index in [1.54, 1.807) is 38.4 Å². The van der Waals surface area contributed by atoms with Crippen LogP contribution in [0.1, 0.15) is 19.4 Å². The number of nitrogens with zero attached hydrogens (tertiary/aromatic N) is 1. The van der Waals surface area contributed by atoms with Gasteiger partial charge in [-0.15, -0.1) is 0 Å². The minimum Gasteiger partial charge on any atom is -0.377 e. The molecule has 0 unspecified atom stereocenters. The van der Waals surface area contributed by atoms with Crippen molar-refractivity contribution in [2.24, 2.45) is 4.99 Å². The van der Waals surface area contributed by atoms with Crippen molar-refractivity contribution in [2.75, 3.05) is 27.7 Å². The molecule has 0 saturated heterocycles. The number of aliphatic imine (C=N–C) groups is 1. The monoisotopic (exact) mass is 342 g/mol. The normalized spacial score (nSPS) is 13.0. The van der Waals surface area contributed by atoms with Gasteiger partial charge in [-0.25, -0.2) is 13.1 Å². The second-order valence-corrected chi connectivity index (χ2v) is 7.48. The summed E-state index contributed by atoms with van der Waals surface area (Å²) in [7, 11) is 1.35. The van der Waals surface area contributed by atoms with Gasteiger partial charge < -0.3 is 15.4 Å². The zero-order chi connectivity index (χ0) is 17.5. The summed E-state index contributed by atoms with van der Waals surface area (Å²) in [5.41, 5.74) is 0.662. The molecule has 0 radical (unpaired) electrons. The van der Waals surface area contributed by atoms with Gasteiger partial charge in [-0.05, 0) is 38.6 Å². The van der Waals surface area contributed by atoms with Gasteiger partial charge in [-0.2, -0.15) is 0 Å². The fraction of sp³-hybridized carbons (Fsp3) is 0.533. The van der Waals surface area contributed by atoms with Crippen molar-refractivity contribution in [3.8, 4) is 0 Å². The van der Waals surface area contributed by atoms with Gasteiger partial charge >= 0.3 is 0 Å². The highest BCUT2D eigenvalue weighted by Gasteiger charge is 2.16. The molecule has 0 heterocycles. The predicted molar refractivity (Wildman–Crippen MR) is 92.0 cm³/mol. The molecule has 0 amide bonds. The number of sulfonamides is 1. The van der Waals surface area contributed by atoms with E-state index in [4.69, 9.17) is 4.74 Å². The second-order valence-electron chi connectivity index (χ2n) is 5.59. The van der Waals surface area contributed by atoms with Gasteiger partial charge in [0, 0.05) is 27.2 Å². The van der Waals surface area contributed by atoms with Gasteiger partial charge in [-0.3, -0.25) is 4.99 Å². The first kappa shape index (κ1) is 19.4. The molecule has 1 rings (SSSR count). The molecule has 0 fully saturated rings. The summed E-state index contributed by atoms with van der Waals surface area (Å²) >= 11 is 0. The lowest BCUT2D eigenvalue weighted by Crippen LogP contribution is -2.45. The van der Waals surface area contributed by atoms with Crippen LogP contribution in [0.4, 0.5) is 0 Å². The van der Waals surface area contributed by atoms with Crippen molar-refractivity contribution in [3.05, 3.63) is 29.8 Å². The maximum Gasteiger partial charge on any atom is 0.240 e. The Morgan fingerprint density at radius 1 is 1.22 bits per heavy atom.